The Morgan fingerprint density at radius 3 is 2.50 bits per heavy atom. The van der Waals surface area contributed by atoms with Crippen molar-refractivity contribution in [2.75, 3.05) is 13.6 Å². The Hall–Kier alpha value is -0.960. The minimum atomic E-state index is 0.106. The third-order valence-corrected chi connectivity index (χ3v) is 3.46. The topological polar surface area (TPSA) is 45.4 Å². The second-order valence-electron chi connectivity index (χ2n) is 5.18. The van der Waals surface area contributed by atoms with Gasteiger partial charge in [-0.1, -0.05) is 32.6 Å². The summed E-state index contributed by atoms with van der Waals surface area (Å²) in [5.41, 5.74) is 0.961. The van der Waals surface area contributed by atoms with Crippen molar-refractivity contribution in [2.24, 2.45) is 0 Å². The van der Waals surface area contributed by atoms with Gasteiger partial charge in [0.25, 0.3) is 5.95 Å². The molecule has 1 atom stereocenters. The predicted octanol–water partition coefficient (Wildman–Crippen LogP) is 3.96. The lowest BCUT2D eigenvalue weighted by Gasteiger charge is -2.09. The average Bonchev–Trinajstić information content (AvgIpc) is 2.67. The molecule has 0 aromatic carbocycles. The fraction of sp³-hybridized carbons (Fsp3) is 0.733. The molecule has 1 aromatic rings. The van der Waals surface area contributed by atoms with Crippen molar-refractivity contribution in [3.05, 3.63) is 17.4 Å². The highest BCUT2D eigenvalue weighted by molar-refractivity contribution is 5.28. The number of hydrogen-bond acceptors (Lipinski definition) is 3. The van der Waals surface area contributed by atoms with Gasteiger partial charge >= 0.3 is 0 Å². The average molecular weight is 253 g/mol. The van der Waals surface area contributed by atoms with Gasteiger partial charge in [-0.2, -0.15) is 0 Å². The normalized spacial score (nSPS) is 12.8. The largest absolute Gasteiger partial charge is 0.480 e. The van der Waals surface area contributed by atoms with E-state index < -0.39 is 0 Å². The van der Waals surface area contributed by atoms with Crippen LogP contribution in [0.25, 0.3) is 0 Å². The summed E-state index contributed by atoms with van der Waals surface area (Å²) in [4.78, 5) is 0. The van der Waals surface area contributed by atoms with Gasteiger partial charge in [-0.25, -0.2) is 0 Å². The summed E-state index contributed by atoms with van der Waals surface area (Å²) >= 11 is 0. The van der Waals surface area contributed by atoms with Crippen LogP contribution >= 0.6 is 0 Å². The zero-order valence-corrected chi connectivity index (χ0v) is 12.0. The lowest BCUT2D eigenvalue weighted by atomic mass is 9.96. The highest BCUT2D eigenvalue weighted by Crippen LogP contribution is 2.32. The zero-order valence-electron chi connectivity index (χ0n) is 12.0. The quantitative estimate of drug-likeness (QED) is 0.655. The lowest BCUT2D eigenvalue weighted by molar-refractivity contribution is 0.316. The van der Waals surface area contributed by atoms with E-state index in [9.17, 15) is 5.11 Å². The van der Waals surface area contributed by atoms with Crippen LogP contribution in [-0.4, -0.2) is 18.7 Å². The molecule has 0 amide bonds. The molecule has 2 N–H and O–H groups in total. The SMILES string of the molecule is CNCCCCCCCC(C)c1cc(C)oc1O. The molecule has 1 aromatic heterocycles. The van der Waals surface area contributed by atoms with Gasteiger partial charge in [-0.05, 0) is 45.3 Å². The first-order valence-corrected chi connectivity index (χ1v) is 7.09. The standard InChI is InChI=1S/C15H27NO2/c1-12(14-11-13(2)18-15(14)17)9-7-5-4-6-8-10-16-3/h11-12,16-17H,4-10H2,1-3H3. The minimum Gasteiger partial charge on any atom is -0.480 e. The van der Waals surface area contributed by atoms with Crippen LogP contribution in [0.2, 0.25) is 0 Å². The maximum Gasteiger partial charge on any atom is 0.285 e. The molecule has 0 spiro atoms. The Labute approximate surface area is 111 Å². The summed E-state index contributed by atoms with van der Waals surface area (Å²) in [5, 5.41) is 12.8. The van der Waals surface area contributed by atoms with E-state index in [1.807, 2.05) is 20.0 Å². The number of unbranched alkanes of at least 4 members (excludes halogenated alkanes) is 4. The van der Waals surface area contributed by atoms with Crippen LogP contribution in [-0.2, 0) is 0 Å². The van der Waals surface area contributed by atoms with Crippen molar-refractivity contribution in [1.82, 2.24) is 5.32 Å². The molecule has 1 heterocycles. The maximum atomic E-state index is 9.63. The second kappa shape index (κ2) is 8.20. The summed E-state index contributed by atoms with van der Waals surface area (Å²) in [5.74, 6) is 1.29. The van der Waals surface area contributed by atoms with Crippen molar-refractivity contribution < 1.29 is 9.52 Å². The van der Waals surface area contributed by atoms with E-state index in [0.29, 0.717) is 5.92 Å². The molecule has 0 saturated heterocycles. The van der Waals surface area contributed by atoms with Gasteiger partial charge in [0.2, 0.25) is 0 Å². The molecule has 104 valence electrons. The number of aryl methyl sites for hydroxylation is 1. The molecule has 18 heavy (non-hydrogen) atoms. The Balaban J connectivity index is 2.14. The number of nitrogens with one attached hydrogen (secondary N) is 1. The monoisotopic (exact) mass is 253 g/mol. The first-order valence-electron chi connectivity index (χ1n) is 7.09. The molecular formula is C15H27NO2. The van der Waals surface area contributed by atoms with Gasteiger partial charge in [-0.15, -0.1) is 0 Å². The Bertz CT molecular complexity index is 333. The second-order valence-corrected chi connectivity index (χ2v) is 5.18. The van der Waals surface area contributed by atoms with E-state index in [2.05, 4.69) is 12.2 Å². The maximum absolute atomic E-state index is 9.63. The fourth-order valence-electron chi connectivity index (χ4n) is 2.31. The first-order chi connectivity index (χ1) is 8.65. The summed E-state index contributed by atoms with van der Waals surface area (Å²) in [7, 11) is 2.00. The van der Waals surface area contributed by atoms with Gasteiger partial charge in [0, 0.05) is 5.56 Å². The Kier molecular flexibility index (Phi) is 6.88. The molecule has 0 bridgehead atoms. The van der Waals surface area contributed by atoms with E-state index >= 15 is 0 Å². The third-order valence-electron chi connectivity index (χ3n) is 3.46. The molecule has 3 heteroatoms. The van der Waals surface area contributed by atoms with Crippen LogP contribution in [0.5, 0.6) is 5.95 Å². The zero-order chi connectivity index (χ0) is 13.4. The van der Waals surface area contributed by atoms with Gasteiger partial charge in [0.05, 0.1) is 0 Å². The molecule has 0 radical (unpaired) electrons. The first kappa shape index (κ1) is 15.1. The highest BCUT2D eigenvalue weighted by Gasteiger charge is 2.14. The minimum absolute atomic E-state index is 0.106. The van der Waals surface area contributed by atoms with Crippen LogP contribution in [0.15, 0.2) is 10.5 Å². The van der Waals surface area contributed by atoms with Crippen molar-refractivity contribution in [3.8, 4) is 5.95 Å². The van der Waals surface area contributed by atoms with E-state index in [1.54, 1.807) is 0 Å². The van der Waals surface area contributed by atoms with E-state index in [1.165, 1.54) is 32.1 Å². The molecular weight excluding hydrogens is 226 g/mol. The molecule has 0 aliphatic carbocycles. The third kappa shape index (κ3) is 5.13. The molecule has 1 rings (SSSR count). The molecule has 0 aliphatic heterocycles. The van der Waals surface area contributed by atoms with Crippen LogP contribution in [0.3, 0.4) is 0 Å². The van der Waals surface area contributed by atoms with Crippen LogP contribution < -0.4 is 5.32 Å². The van der Waals surface area contributed by atoms with Crippen molar-refractivity contribution in [1.29, 1.82) is 0 Å². The summed E-state index contributed by atoms with van der Waals surface area (Å²) in [6.45, 7) is 5.15. The van der Waals surface area contributed by atoms with E-state index in [-0.39, 0.29) is 5.95 Å². The number of rotatable bonds is 9. The number of hydrogen-bond donors (Lipinski definition) is 2. The van der Waals surface area contributed by atoms with Crippen LogP contribution in [0.4, 0.5) is 0 Å². The Morgan fingerprint density at radius 1 is 1.22 bits per heavy atom. The summed E-state index contributed by atoms with van der Waals surface area (Å²) in [6, 6.07) is 1.95. The van der Waals surface area contributed by atoms with Crippen molar-refractivity contribution in [2.45, 2.75) is 58.3 Å². The highest BCUT2D eigenvalue weighted by atomic mass is 16.5. The molecule has 0 fully saturated rings. The number of furan rings is 1. The molecule has 0 saturated carbocycles. The van der Waals surface area contributed by atoms with E-state index in [0.717, 1.165) is 24.3 Å². The van der Waals surface area contributed by atoms with Gasteiger partial charge in [0.15, 0.2) is 0 Å². The van der Waals surface area contributed by atoms with Crippen molar-refractivity contribution >= 4 is 0 Å². The van der Waals surface area contributed by atoms with Crippen LogP contribution in [0, 0.1) is 6.92 Å². The summed E-state index contributed by atoms with van der Waals surface area (Å²) < 4.78 is 5.16. The van der Waals surface area contributed by atoms with E-state index in [4.69, 9.17) is 4.42 Å². The van der Waals surface area contributed by atoms with Crippen LogP contribution in [0.1, 0.15) is 62.7 Å². The molecule has 1 unspecified atom stereocenters. The van der Waals surface area contributed by atoms with Gasteiger partial charge < -0.3 is 14.8 Å². The lowest BCUT2D eigenvalue weighted by Crippen LogP contribution is -2.06. The Morgan fingerprint density at radius 2 is 1.89 bits per heavy atom. The van der Waals surface area contributed by atoms with Crippen molar-refractivity contribution in [3.63, 3.8) is 0 Å². The summed E-state index contributed by atoms with van der Waals surface area (Å²) in [6.07, 6.45) is 7.53. The fourth-order valence-corrected chi connectivity index (χ4v) is 2.31. The molecule has 3 nitrogen and oxygen atoms in total. The van der Waals surface area contributed by atoms with Gasteiger partial charge in [-0.3, -0.25) is 0 Å². The number of aromatic hydroxyl groups is 1. The van der Waals surface area contributed by atoms with Gasteiger partial charge in [0.1, 0.15) is 5.76 Å². The predicted molar refractivity (Wildman–Crippen MR) is 75.2 cm³/mol. The smallest absolute Gasteiger partial charge is 0.285 e. The molecule has 0 aliphatic rings.